The van der Waals surface area contributed by atoms with Crippen LogP contribution in [0.5, 0.6) is 0 Å². The van der Waals surface area contributed by atoms with Gasteiger partial charge < -0.3 is 10.4 Å². The summed E-state index contributed by atoms with van der Waals surface area (Å²) in [7, 11) is -3.04. The molecule has 0 aromatic rings. The average molecular weight is 291 g/mol. The van der Waals surface area contributed by atoms with Gasteiger partial charge >= 0.3 is 0 Å². The van der Waals surface area contributed by atoms with Gasteiger partial charge in [-0.2, -0.15) is 0 Å². The lowest BCUT2D eigenvalue weighted by atomic mass is 9.91. The van der Waals surface area contributed by atoms with E-state index >= 15 is 0 Å². The van der Waals surface area contributed by atoms with Crippen molar-refractivity contribution in [2.45, 2.75) is 63.7 Å². The van der Waals surface area contributed by atoms with Crippen LogP contribution in [0.3, 0.4) is 0 Å². The maximum absolute atomic E-state index is 12.5. The molecule has 4 nitrogen and oxygen atoms in total. The number of sulfone groups is 1. The maximum atomic E-state index is 12.5. The van der Waals surface area contributed by atoms with E-state index in [1.54, 1.807) is 0 Å². The number of aliphatic hydroxyl groups is 1. The first-order chi connectivity index (χ1) is 8.99. The monoisotopic (exact) mass is 291 g/mol. The molecule has 1 rings (SSSR count). The number of aliphatic hydroxyl groups excluding tert-OH is 1. The molecular formula is C14H29NO3S. The highest BCUT2D eigenvalue weighted by Gasteiger charge is 2.31. The van der Waals surface area contributed by atoms with Crippen molar-refractivity contribution in [3.05, 3.63) is 0 Å². The fourth-order valence-electron chi connectivity index (χ4n) is 2.87. The Labute approximate surface area is 117 Å². The van der Waals surface area contributed by atoms with E-state index in [0.717, 1.165) is 38.6 Å². The summed E-state index contributed by atoms with van der Waals surface area (Å²) in [5, 5.41) is 12.1. The van der Waals surface area contributed by atoms with Gasteiger partial charge in [-0.3, -0.25) is 0 Å². The third-order valence-electron chi connectivity index (χ3n) is 3.99. The SMILES string of the molecule is CCCNC(CCO)CS(=O)(=O)C1CCCC(C)C1. The third-order valence-corrected chi connectivity index (χ3v) is 6.30. The van der Waals surface area contributed by atoms with Crippen molar-refractivity contribution in [2.75, 3.05) is 18.9 Å². The van der Waals surface area contributed by atoms with Gasteiger partial charge in [0.05, 0.1) is 11.0 Å². The van der Waals surface area contributed by atoms with E-state index in [0.29, 0.717) is 12.3 Å². The number of hydrogen-bond acceptors (Lipinski definition) is 4. The van der Waals surface area contributed by atoms with Gasteiger partial charge in [0.15, 0.2) is 9.84 Å². The van der Waals surface area contributed by atoms with Gasteiger partial charge in [0.2, 0.25) is 0 Å². The molecule has 19 heavy (non-hydrogen) atoms. The summed E-state index contributed by atoms with van der Waals surface area (Å²) in [6, 6.07) is -0.104. The molecule has 1 aliphatic carbocycles. The van der Waals surface area contributed by atoms with Crippen LogP contribution >= 0.6 is 0 Å². The predicted molar refractivity (Wildman–Crippen MR) is 79.0 cm³/mol. The van der Waals surface area contributed by atoms with E-state index in [9.17, 15) is 8.42 Å². The molecule has 0 heterocycles. The highest BCUT2D eigenvalue weighted by atomic mass is 32.2. The minimum atomic E-state index is -3.04. The Hall–Kier alpha value is -0.130. The second-order valence-electron chi connectivity index (χ2n) is 5.89. The first kappa shape index (κ1) is 16.9. The van der Waals surface area contributed by atoms with Crippen LogP contribution in [0.15, 0.2) is 0 Å². The molecule has 0 aromatic carbocycles. The van der Waals surface area contributed by atoms with Crippen molar-refractivity contribution < 1.29 is 13.5 Å². The molecule has 0 bridgehead atoms. The lowest BCUT2D eigenvalue weighted by Crippen LogP contribution is -2.41. The number of nitrogens with one attached hydrogen (secondary N) is 1. The fourth-order valence-corrected chi connectivity index (χ4v) is 5.13. The zero-order valence-corrected chi connectivity index (χ0v) is 13.1. The summed E-state index contributed by atoms with van der Waals surface area (Å²) in [6.07, 6.45) is 5.29. The molecule has 0 radical (unpaired) electrons. The Kier molecular flexibility index (Phi) is 7.32. The van der Waals surface area contributed by atoms with Crippen LogP contribution in [-0.2, 0) is 9.84 Å². The van der Waals surface area contributed by atoms with E-state index in [4.69, 9.17) is 5.11 Å². The molecule has 1 saturated carbocycles. The first-order valence-electron chi connectivity index (χ1n) is 7.55. The van der Waals surface area contributed by atoms with E-state index < -0.39 is 9.84 Å². The van der Waals surface area contributed by atoms with Gasteiger partial charge in [-0.05, 0) is 38.1 Å². The molecule has 0 aromatic heterocycles. The Morgan fingerprint density at radius 1 is 1.37 bits per heavy atom. The Balaban J connectivity index is 2.59. The van der Waals surface area contributed by atoms with Crippen LogP contribution in [-0.4, -0.2) is 43.7 Å². The van der Waals surface area contributed by atoms with Gasteiger partial charge in [-0.1, -0.05) is 26.7 Å². The minimum absolute atomic E-state index is 0.0397. The minimum Gasteiger partial charge on any atom is -0.396 e. The zero-order valence-electron chi connectivity index (χ0n) is 12.3. The largest absolute Gasteiger partial charge is 0.396 e. The molecule has 5 heteroatoms. The molecule has 1 fully saturated rings. The maximum Gasteiger partial charge on any atom is 0.154 e. The van der Waals surface area contributed by atoms with E-state index in [2.05, 4.69) is 19.2 Å². The van der Waals surface area contributed by atoms with E-state index in [1.165, 1.54) is 0 Å². The smallest absolute Gasteiger partial charge is 0.154 e. The van der Waals surface area contributed by atoms with Crippen LogP contribution in [0.1, 0.15) is 52.4 Å². The molecule has 0 saturated heterocycles. The van der Waals surface area contributed by atoms with E-state index in [-0.39, 0.29) is 23.7 Å². The lowest BCUT2D eigenvalue weighted by Gasteiger charge is -2.28. The molecule has 3 unspecified atom stereocenters. The molecule has 0 aliphatic heterocycles. The second-order valence-corrected chi connectivity index (χ2v) is 8.21. The number of hydrogen-bond donors (Lipinski definition) is 2. The van der Waals surface area contributed by atoms with Gasteiger partial charge in [0, 0.05) is 12.6 Å². The van der Waals surface area contributed by atoms with Crippen LogP contribution in [0.4, 0.5) is 0 Å². The molecule has 3 atom stereocenters. The highest BCUT2D eigenvalue weighted by Crippen LogP contribution is 2.29. The van der Waals surface area contributed by atoms with Crippen LogP contribution < -0.4 is 5.32 Å². The molecule has 0 amide bonds. The molecular weight excluding hydrogens is 262 g/mol. The highest BCUT2D eigenvalue weighted by molar-refractivity contribution is 7.92. The summed E-state index contributed by atoms with van der Waals surface area (Å²) in [5.41, 5.74) is 0. The van der Waals surface area contributed by atoms with Gasteiger partial charge in [0.1, 0.15) is 0 Å². The summed E-state index contributed by atoms with van der Waals surface area (Å²) >= 11 is 0. The van der Waals surface area contributed by atoms with Crippen molar-refractivity contribution in [3.63, 3.8) is 0 Å². The molecule has 2 N–H and O–H groups in total. The van der Waals surface area contributed by atoms with Gasteiger partial charge in [-0.25, -0.2) is 8.42 Å². The average Bonchev–Trinajstić information content (AvgIpc) is 2.36. The van der Waals surface area contributed by atoms with Crippen LogP contribution in [0.25, 0.3) is 0 Å². The first-order valence-corrected chi connectivity index (χ1v) is 9.27. The third kappa shape index (κ3) is 5.79. The summed E-state index contributed by atoms with van der Waals surface area (Å²) in [5.74, 6) is 0.693. The molecule has 114 valence electrons. The van der Waals surface area contributed by atoms with Gasteiger partial charge in [0.25, 0.3) is 0 Å². The molecule has 1 aliphatic rings. The predicted octanol–water partition coefficient (Wildman–Crippen LogP) is 1.73. The Morgan fingerprint density at radius 2 is 2.11 bits per heavy atom. The van der Waals surface area contributed by atoms with Crippen molar-refractivity contribution in [2.24, 2.45) is 5.92 Å². The number of rotatable bonds is 8. The van der Waals surface area contributed by atoms with Crippen LogP contribution in [0, 0.1) is 5.92 Å². The normalized spacial score (nSPS) is 26.3. The van der Waals surface area contributed by atoms with Crippen molar-refractivity contribution in [1.82, 2.24) is 5.32 Å². The summed E-state index contributed by atoms with van der Waals surface area (Å²) < 4.78 is 24.9. The Morgan fingerprint density at radius 3 is 2.68 bits per heavy atom. The van der Waals surface area contributed by atoms with E-state index in [1.807, 2.05) is 0 Å². The quantitative estimate of drug-likeness (QED) is 0.715. The summed E-state index contributed by atoms with van der Waals surface area (Å²) in [6.45, 7) is 5.04. The molecule has 0 spiro atoms. The van der Waals surface area contributed by atoms with Crippen molar-refractivity contribution in [1.29, 1.82) is 0 Å². The lowest BCUT2D eigenvalue weighted by molar-refractivity contribution is 0.269. The van der Waals surface area contributed by atoms with Crippen molar-refractivity contribution in [3.8, 4) is 0 Å². The van der Waals surface area contributed by atoms with Crippen molar-refractivity contribution >= 4 is 9.84 Å². The van der Waals surface area contributed by atoms with Gasteiger partial charge in [-0.15, -0.1) is 0 Å². The fraction of sp³-hybridized carbons (Fsp3) is 1.00. The topological polar surface area (TPSA) is 66.4 Å². The second kappa shape index (κ2) is 8.22. The zero-order chi connectivity index (χ0) is 14.3. The van der Waals surface area contributed by atoms with Crippen LogP contribution in [0.2, 0.25) is 0 Å². The summed E-state index contributed by atoms with van der Waals surface area (Å²) in [4.78, 5) is 0. The Bertz CT molecular complexity index is 343. The standard InChI is InChI=1S/C14H29NO3S/c1-3-8-15-13(7-9-16)11-19(17,18)14-6-4-5-12(2)10-14/h12-16H,3-11H2,1-2H3.